The van der Waals surface area contributed by atoms with Crippen LogP contribution in [0, 0.1) is 11.2 Å². The number of hydrogen-bond donors (Lipinski definition) is 1. The minimum absolute atomic E-state index is 0.0255. The summed E-state index contributed by atoms with van der Waals surface area (Å²) >= 11 is 0. The lowest BCUT2D eigenvalue weighted by molar-refractivity contribution is 0.305. The number of benzene rings is 2. The highest BCUT2D eigenvalue weighted by molar-refractivity contribution is 7.50. The van der Waals surface area contributed by atoms with Crippen molar-refractivity contribution in [2.24, 2.45) is 5.41 Å². The van der Waals surface area contributed by atoms with Crippen molar-refractivity contribution in [3.05, 3.63) is 77.2 Å². The molecule has 0 radical (unpaired) electrons. The summed E-state index contributed by atoms with van der Waals surface area (Å²) in [5.41, 5.74) is 4.59. The first-order valence-electron chi connectivity index (χ1n) is 11.5. The summed E-state index contributed by atoms with van der Waals surface area (Å²) in [4.78, 5) is 13.7. The molecule has 182 valence electrons. The Kier molecular flexibility index (Phi) is 8.67. The molecule has 0 aliphatic heterocycles. The van der Waals surface area contributed by atoms with Gasteiger partial charge in [-0.25, -0.2) is 9.37 Å². The van der Waals surface area contributed by atoms with Crippen molar-refractivity contribution in [3.8, 4) is 22.8 Å². The molecule has 2 aromatic carbocycles. The maximum absolute atomic E-state index is 14.7. The normalized spacial score (nSPS) is 13.4. The van der Waals surface area contributed by atoms with Crippen molar-refractivity contribution in [1.29, 1.82) is 0 Å². The standard InChI is InChI=1S/C28H35FNO3P/c1-19(18-34(6)31)21-8-7-9-23(13-21)33-17-20-10-11-24(22(12-20)15-28(2,3)4)25-14-27(32-5)30-16-26(25)29/h7-14,16,19,31H,15,17-18H2,1-6H3. The number of rotatable bonds is 9. The average molecular weight is 484 g/mol. The minimum Gasteiger partial charge on any atom is -0.489 e. The lowest BCUT2D eigenvalue weighted by atomic mass is 9.84. The molecule has 2 atom stereocenters. The lowest BCUT2D eigenvalue weighted by Crippen LogP contribution is -2.11. The SMILES string of the molecule is COc1cc(-c2ccc(COc3cccc(C(C)CP(C)O)c3)cc2CC(C)(C)C)c(F)cn1. The molecule has 1 heterocycles. The highest BCUT2D eigenvalue weighted by Gasteiger charge is 2.18. The molecule has 4 nitrogen and oxygen atoms in total. The van der Waals surface area contributed by atoms with Gasteiger partial charge in [-0.2, -0.15) is 0 Å². The molecular formula is C28H35FNO3P. The molecule has 3 rings (SSSR count). The number of hydrogen-bond acceptors (Lipinski definition) is 4. The van der Waals surface area contributed by atoms with Crippen LogP contribution < -0.4 is 9.47 Å². The van der Waals surface area contributed by atoms with Crippen molar-refractivity contribution < 1.29 is 18.8 Å². The van der Waals surface area contributed by atoms with E-state index in [1.165, 1.54) is 13.3 Å². The Balaban J connectivity index is 1.86. The second-order valence-corrected chi connectivity index (χ2v) is 11.7. The highest BCUT2D eigenvalue weighted by atomic mass is 31.1. The summed E-state index contributed by atoms with van der Waals surface area (Å²) in [7, 11) is 0.589. The molecular weight excluding hydrogens is 448 g/mol. The van der Waals surface area contributed by atoms with Crippen LogP contribution in [-0.4, -0.2) is 29.8 Å². The third kappa shape index (κ3) is 7.25. The van der Waals surface area contributed by atoms with E-state index in [4.69, 9.17) is 9.47 Å². The third-order valence-electron chi connectivity index (χ3n) is 5.59. The van der Waals surface area contributed by atoms with Crippen LogP contribution in [0.1, 0.15) is 50.3 Å². The summed E-state index contributed by atoms with van der Waals surface area (Å²) in [6.07, 6.45) is 2.76. The fourth-order valence-corrected chi connectivity index (χ4v) is 5.04. The van der Waals surface area contributed by atoms with E-state index < -0.39 is 8.15 Å². The fraction of sp³-hybridized carbons (Fsp3) is 0.393. The molecule has 34 heavy (non-hydrogen) atoms. The van der Waals surface area contributed by atoms with Gasteiger partial charge in [0.2, 0.25) is 5.88 Å². The largest absolute Gasteiger partial charge is 0.489 e. The summed E-state index contributed by atoms with van der Waals surface area (Å²) < 4.78 is 26.0. The molecule has 1 aromatic heterocycles. The molecule has 0 aliphatic carbocycles. The Morgan fingerprint density at radius 2 is 1.85 bits per heavy atom. The van der Waals surface area contributed by atoms with Gasteiger partial charge in [-0.3, -0.25) is 0 Å². The first kappa shape index (κ1) is 26.1. The Morgan fingerprint density at radius 1 is 1.09 bits per heavy atom. The van der Waals surface area contributed by atoms with Gasteiger partial charge < -0.3 is 14.4 Å². The zero-order chi connectivity index (χ0) is 24.9. The van der Waals surface area contributed by atoms with Gasteiger partial charge in [0.05, 0.1) is 13.3 Å². The van der Waals surface area contributed by atoms with Gasteiger partial charge >= 0.3 is 0 Å². The quantitative estimate of drug-likeness (QED) is 0.327. The van der Waals surface area contributed by atoms with E-state index in [1.807, 2.05) is 37.0 Å². The summed E-state index contributed by atoms with van der Waals surface area (Å²) in [6, 6.07) is 15.8. The van der Waals surface area contributed by atoms with Gasteiger partial charge in [0.15, 0.2) is 0 Å². The molecule has 6 heteroatoms. The first-order chi connectivity index (χ1) is 16.1. The molecule has 0 aliphatic rings. The lowest BCUT2D eigenvalue weighted by Gasteiger charge is -2.22. The second kappa shape index (κ2) is 11.3. The van der Waals surface area contributed by atoms with E-state index >= 15 is 0 Å². The van der Waals surface area contributed by atoms with E-state index in [9.17, 15) is 9.28 Å². The number of nitrogens with zero attached hydrogens (tertiary/aromatic N) is 1. The Hall–Kier alpha value is -2.49. The molecule has 0 bridgehead atoms. The molecule has 0 fully saturated rings. The van der Waals surface area contributed by atoms with E-state index in [2.05, 4.69) is 44.8 Å². The Bertz CT molecular complexity index is 1110. The zero-order valence-electron chi connectivity index (χ0n) is 20.9. The van der Waals surface area contributed by atoms with Crippen molar-refractivity contribution in [2.45, 2.75) is 46.6 Å². The molecule has 2 unspecified atom stereocenters. The molecule has 0 saturated carbocycles. The smallest absolute Gasteiger partial charge is 0.213 e. The topological polar surface area (TPSA) is 51.6 Å². The minimum atomic E-state index is -0.940. The van der Waals surface area contributed by atoms with Crippen molar-refractivity contribution in [3.63, 3.8) is 0 Å². The van der Waals surface area contributed by atoms with Crippen LogP contribution in [-0.2, 0) is 13.0 Å². The van der Waals surface area contributed by atoms with E-state index in [0.717, 1.165) is 40.6 Å². The van der Waals surface area contributed by atoms with E-state index in [0.29, 0.717) is 18.1 Å². The van der Waals surface area contributed by atoms with E-state index in [-0.39, 0.29) is 17.2 Å². The molecule has 3 aromatic rings. The van der Waals surface area contributed by atoms with Gasteiger partial charge in [-0.1, -0.05) is 58.0 Å². The van der Waals surface area contributed by atoms with Crippen molar-refractivity contribution in [2.75, 3.05) is 19.9 Å². The first-order valence-corrected chi connectivity index (χ1v) is 13.4. The molecule has 0 spiro atoms. The maximum Gasteiger partial charge on any atom is 0.213 e. The predicted molar refractivity (Wildman–Crippen MR) is 138 cm³/mol. The van der Waals surface area contributed by atoms with Crippen LogP contribution in [0.5, 0.6) is 11.6 Å². The number of methoxy groups -OCH3 is 1. The van der Waals surface area contributed by atoms with Crippen LogP contribution in [0.15, 0.2) is 54.7 Å². The van der Waals surface area contributed by atoms with Crippen LogP contribution >= 0.6 is 8.15 Å². The highest BCUT2D eigenvalue weighted by Crippen LogP contribution is 2.35. The van der Waals surface area contributed by atoms with Gasteiger partial charge in [-0.05, 0) is 65.0 Å². The zero-order valence-corrected chi connectivity index (χ0v) is 21.8. The second-order valence-electron chi connectivity index (χ2n) is 10.0. The van der Waals surface area contributed by atoms with Gasteiger partial charge in [-0.15, -0.1) is 0 Å². The van der Waals surface area contributed by atoms with Crippen LogP contribution in [0.3, 0.4) is 0 Å². The summed E-state index contributed by atoms with van der Waals surface area (Å²) in [6.45, 7) is 10.9. The number of ether oxygens (including phenoxy) is 2. The summed E-state index contributed by atoms with van der Waals surface area (Å²) in [5, 5.41) is 0. The number of halogens is 1. The third-order valence-corrected chi connectivity index (χ3v) is 6.67. The molecule has 0 saturated heterocycles. The molecule has 1 N–H and O–H groups in total. The summed E-state index contributed by atoms with van der Waals surface area (Å²) in [5.74, 6) is 1.09. The van der Waals surface area contributed by atoms with Crippen LogP contribution in [0.2, 0.25) is 0 Å². The van der Waals surface area contributed by atoms with Crippen LogP contribution in [0.25, 0.3) is 11.1 Å². The fourth-order valence-electron chi connectivity index (χ4n) is 4.03. The van der Waals surface area contributed by atoms with Gasteiger partial charge in [0.1, 0.15) is 18.2 Å². The van der Waals surface area contributed by atoms with Crippen LogP contribution in [0.4, 0.5) is 4.39 Å². The number of pyridine rings is 1. The van der Waals surface area contributed by atoms with Crippen molar-refractivity contribution in [1.82, 2.24) is 4.98 Å². The average Bonchev–Trinajstić information content (AvgIpc) is 2.77. The molecule has 0 amide bonds. The monoisotopic (exact) mass is 483 g/mol. The maximum atomic E-state index is 14.7. The van der Waals surface area contributed by atoms with Gasteiger partial charge in [0, 0.05) is 19.8 Å². The van der Waals surface area contributed by atoms with Crippen molar-refractivity contribution >= 4 is 8.15 Å². The Morgan fingerprint density at radius 3 is 2.53 bits per heavy atom. The Labute approximate surface area is 204 Å². The number of aromatic nitrogens is 1. The predicted octanol–water partition coefficient (Wildman–Crippen LogP) is 7.19. The van der Waals surface area contributed by atoms with Gasteiger partial charge in [0.25, 0.3) is 0 Å². The van der Waals surface area contributed by atoms with E-state index in [1.54, 1.807) is 6.07 Å².